The summed E-state index contributed by atoms with van der Waals surface area (Å²) in [6.07, 6.45) is 4.37. The van der Waals surface area contributed by atoms with Crippen LogP contribution in [0.3, 0.4) is 0 Å². The molecule has 17 heavy (non-hydrogen) atoms. The topological polar surface area (TPSA) is 54.7 Å². The van der Waals surface area contributed by atoms with Crippen LogP contribution in [0, 0.1) is 6.92 Å². The van der Waals surface area contributed by atoms with E-state index in [0.29, 0.717) is 0 Å². The van der Waals surface area contributed by atoms with Crippen molar-refractivity contribution < 1.29 is 4.42 Å². The molecule has 0 unspecified atom stereocenters. The number of hydrogen-bond donors (Lipinski definition) is 1. The quantitative estimate of drug-likeness (QED) is 0.731. The smallest absolute Gasteiger partial charge is 0.178 e. The third-order valence-electron chi connectivity index (χ3n) is 2.80. The molecule has 0 aliphatic rings. The Morgan fingerprint density at radius 1 is 1.41 bits per heavy atom. The Kier molecular flexibility index (Phi) is 2.21. The molecule has 1 N–H and O–H groups in total. The summed E-state index contributed by atoms with van der Waals surface area (Å²) in [6, 6.07) is 3.98. The van der Waals surface area contributed by atoms with Gasteiger partial charge in [-0.25, -0.2) is 9.97 Å². The van der Waals surface area contributed by atoms with Crippen LogP contribution in [0.15, 0.2) is 29.0 Å². The summed E-state index contributed by atoms with van der Waals surface area (Å²) in [7, 11) is 0. The second-order valence-electron chi connectivity index (χ2n) is 4.08. The Morgan fingerprint density at radius 2 is 2.29 bits per heavy atom. The van der Waals surface area contributed by atoms with E-state index in [2.05, 4.69) is 21.9 Å². The summed E-state index contributed by atoms with van der Waals surface area (Å²) in [6.45, 7) is 4.08. The zero-order valence-electron chi connectivity index (χ0n) is 9.82. The summed E-state index contributed by atoms with van der Waals surface area (Å²) >= 11 is 0. The minimum absolute atomic E-state index is 0.744. The lowest BCUT2D eigenvalue weighted by Crippen LogP contribution is -1.83. The first-order valence-electron chi connectivity index (χ1n) is 5.67. The maximum atomic E-state index is 5.41. The lowest BCUT2D eigenvalue weighted by molar-refractivity contribution is 0.517. The molecule has 0 atom stereocenters. The van der Waals surface area contributed by atoms with Gasteiger partial charge in [-0.15, -0.1) is 0 Å². The molecule has 4 heteroatoms. The van der Waals surface area contributed by atoms with Crippen LogP contribution in [0.4, 0.5) is 0 Å². The van der Waals surface area contributed by atoms with Crippen LogP contribution < -0.4 is 0 Å². The van der Waals surface area contributed by atoms with Gasteiger partial charge in [0.2, 0.25) is 0 Å². The zero-order chi connectivity index (χ0) is 11.8. The number of aromatic nitrogens is 3. The second-order valence-corrected chi connectivity index (χ2v) is 4.08. The molecular formula is C13H13N3O. The van der Waals surface area contributed by atoms with Gasteiger partial charge in [0, 0.05) is 12.6 Å². The van der Waals surface area contributed by atoms with Gasteiger partial charge in [-0.05, 0) is 24.6 Å². The fourth-order valence-electron chi connectivity index (χ4n) is 1.96. The molecule has 0 bridgehead atoms. The summed E-state index contributed by atoms with van der Waals surface area (Å²) in [5.41, 5.74) is 3.84. The SMILES string of the molecule is CCc1occc1-c1nc2ncc(C)cc2[nH]1. The Balaban J connectivity index is 2.18. The molecule has 0 aliphatic heterocycles. The summed E-state index contributed by atoms with van der Waals surface area (Å²) in [5.74, 6) is 1.77. The molecule has 4 nitrogen and oxygen atoms in total. The van der Waals surface area contributed by atoms with E-state index in [9.17, 15) is 0 Å². The van der Waals surface area contributed by atoms with Gasteiger partial charge in [-0.1, -0.05) is 6.92 Å². The predicted molar refractivity (Wildman–Crippen MR) is 65.7 cm³/mol. The number of rotatable bonds is 2. The number of pyridine rings is 1. The number of H-pyrrole nitrogens is 1. The minimum Gasteiger partial charge on any atom is -0.469 e. The molecule has 0 aliphatic carbocycles. The van der Waals surface area contributed by atoms with Crippen LogP contribution in [-0.2, 0) is 6.42 Å². The molecule has 86 valence electrons. The molecule has 3 aromatic rings. The zero-order valence-corrected chi connectivity index (χ0v) is 9.82. The number of nitrogens with one attached hydrogen (secondary N) is 1. The van der Waals surface area contributed by atoms with E-state index in [1.54, 1.807) is 6.26 Å². The summed E-state index contributed by atoms with van der Waals surface area (Å²) in [4.78, 5) is 12.1. The largest absolute Gasteiger partial charge is 0.469 e. The molecule has 0 amide bonds. The van der Waals surface area contributed by atoms with E-state index in [1.807, 2.05) is 25.3 Å². The second kappa shape index (κ2) is 3.73. The highest BCUT2D eigenvalue weighted by atomic mass is 16.3. The van der Waals surface area contributed by atoms with Gasteiger partial charge in [0.1, 0.15) is 11.6 Å². The number of aryl methyl sites for hydroxylation is 2. The molecular weight excluding hydrogens is 214 g/mol. The van der Waals surface area contributed by atoms with Crippen molar-refractivity contribution in [2.45, 2.75) is 20.3 Å². The van der Waals surface area contributed by atoms with Crippen molar-refractivity contribution in [2.75, 3.05) is 0 Å². The molecule has 3 rings (SSSR count). The van der Waals surface area contributed by atoms with Gasteiger partial charge in [-0.3, -0.25) is 0 Å². The van der Waals surface area contributed by atoms with E-state index < -0.39 is 0 Å². The third kappa shape index (κ3) is 1.62. The Bertz CT molecular complexity index is 666. The first-order valence-corrected chi connectivity index (χ1v) is 5.67. The monoisotopic (exact) mass is 227 g/mol. The molecule has 0 radical (unpaired) electrons. The van der Waals surface area contributed by atoms with Gasteiger partial charge in [0.15, 0.2) is 5.65 Å². The van der Waals surface area contributed by atoms with Gasteiger partial charge >= 0.3 is 0 Å². The van der Waals surface area contributed by atoms with E-state index in [-0.39, 0.29) is 0 Å². The van der Waals surface area contributed by atoms with Gasteiger partial charge in [-0.2, -0.15) is 0 Å². The lowest BCUT2D eigenvalue weighted by atomic mass is 10.2. The number of hydrogen-bond acceptors (Lipinski definition) is 3. The average Bonchev–Trinajstić information content (AvgIpc) is 2.93. The summed E-state index contributed by atoms with van der Waals surface area (Å²) in [5, 5.41) is 0. The van der Waals surface area contributed by atoms with Crippen LogP contribution >= 0.6 is 0 Å². The molecule has 0 fully saturated rings. The van der Waals surface area contributed by atoms with Crippen LogP contribution in [0.1, 0.15) is 18.2 Å². The van der Waals surface area contributed by atoms with Crippen molar-refractivity contribution in [3.8, 4) is 11.4 Å². The third-order valence-corrected chi connectivity index (χ3v) is 2.80. The van der Waals surface area contributed by atoms with Crippen molar-refractivity contribution >= 4 is 11.2 Å². The van der Waals surface area contributed by atoms with E-state index in [0.717, 1.165) is 40.3 Å². The Morgan fingerprint density at radius 3 is 3.12 bits per heavy atom. The highest BCUT2D eigenvalue weighted by Crippen LogP contribution is 2.24. The molecule has 0 spiro atoms. The molecule has 0 saturated carbocycles. The predicted octanol–water partition coefficient (Wildman–Crippen LogP) is 3.09. The highest BCUT2D eigenvalue weighted by Gasteiger charge is 2.11. The molecule has 0 saturated heterocycles. The van der Waals surface area contributed by atoms with Crippen molar-refractivity contribution in [1.82, 2.24) is 15.0 Å². The van der Waals surface area contributed by atoms with Crippen LogP contribution in [0.5, 0.6) is 0 Å². The average molecular weight is 227 g/mol. The van der Waals surface area contributed by atoms with Gasteiger partial charge in [0.05, 0.1) is 17.3 Å². The van der Waals surface area contributed by atoms with Crippen LogP contribution in [0.2, 0.25) is 0 Å². The van der Waals surface area contributed by atoms with Crippen molar-refractivity contribution in [3.63, 3.8) is 0 Å². The fourth-order valence-corrected chi connectivity index (χ4v) is 1.96. The van der Waals surface area contributed by atoms with E-state index in [1.165, 1.54) is 0 Å². The Labute approximate surface area is 98.7 Å². The normalized spacial score (nSPS) is 11.2. The van der Waals surface area contributed by atoms with Crippen molar-refractivity contribution in [2.24, 2.45) is 0 Å². The maximum absolute atomic E-state index is 5.41. The van der Waals surface area contributed by atoms with Gasteiger partial charge in [0.25, 0.3) is 0 Å². The number of fused-ring (bicyclic) bond motifs is 1. The highest BCUT2D eigenvalue weighted by molar-refractivity contribution is 5.76. The number of furan rings is 1. The van der Waals surface area contributed by atoms with E-state index >= 15 is 0 Å². The van der Waals surface area contributed by atoms with Gasteiger partial charge < -0.3 is 9.40 Å². The minimum atomic E-state index is 0.744. The number of aromatic amines is 1. The number of nitrogens with zero attached hydrogens (tertiary/aromatic N) is 2. The standard InChI is InChI=1S/C13H13N3O/c1-3-11-9(4-5-17-11)12-15-10-6-8(2)7-14-13(10)16-12/h4-7H,3H2,1-2H3,(H,14,15,16). The first-order chi connectivity index (χ1) is 8.28. The molecule has 0 aromatic carbocycles. The Hall–Kier alpha value is -2.10. The number of imidazole rings is 1. The molecule has 3 aromatic heterocycles. The van der Waals surface area contributed by atoms with Crippen LogP contribution in [0.25, 0.3) is 22.6 Å². The lowest BCUT2D eigenvalue weighted by Gasteiger charge is -1.94. The molecule has 3 heterocycles. The van der Waals surface area contributed by atoms with Crippen molar-refractivity contribution in [1.29, 1.82) is 0 Å². The fraction of sp³-hybridized carbons (Fsp3) is 0.231. The van der Waals surface area contributed by atoms with Crippen LogP contribution in [-0.4, -0.2) is 15.0 Å². The van der Waals surface area contributed by atoms with E-state index in [4.69, 9.17) is 4.42 Å². The first kappa shape index (κ1) is 10.1. The maximum Gasteiger partial charge on any atom is 0.178 e. The van der Waals surface area contributed by atoms with Crippen molar-refractivity contribution in [3.05, 3.63) is 35.9 Å². The summed E-state index contributed by atoms with van der Waals surface area (Å²) < 4.78 is 5.41.